The Morgan fingerprint density at radius 2 is 2.08 bits per heavy atom. The van der Waals surface area contributed by atoms with Gasteiger partial charge in [0.25, 0.3) is 5.91 Å². The first-order valence-corrected chi connectivity index (χ1v) is 13.3. The summed E-state index contributed by atoms with van der Waals surface area (Å²) in [5.41, 5.74) is 4.37. The Morgan fingerprint density at radius 3 is 2.87 bits per heavy atom. The molecular weight excluding hydrogens is 500 g/mol. The summed E-state index contributed by atoms with van der Waals surface area (Å²) >= 11 is 6.03. The molecule has 1 amide bonds. The minimum absolute atomic E-state index is 0.184. The number of nitrogens with one attached hydrogen (secondary N) is 3. The van der Waals surface area contributed by atoms with Crippen LogP contribution in [-0.2, 0) is 11.3 Å². The van der Waals surface area contributed by atoms with Crippen LogP contribution in [0.1, 0.15) is 26.2 Å². The topological polar surface area (TPSA) is 92.6 Å². The summed E-state index contributed by atoms with van der Waals surface area (Å²) in [7, 11) is 0. The fourth-order valence-electron chi connectivity index (χ4n) is 4.40. The zero-order valence-corrected chi connectivity index (χ0v) is 22.1. The summed E-state index contributed by atoms with van der Waals surface area (Å²) in [5, 5.41) is 10.2. The number of aryl methyl sites for hydroxylation is 1. The smallest absolute Gasteiger partial charge is 0.269 e. The number of allylic oxidation sites excluding steroid dienone is 1. The minimum atomic E-state index is -0.184. The van der Waals surface area contributed by atoms with Crippen LogP contribution in [0.4, 0.5) is 11.6 Å². The molecular formula is C29H31ClN6O2. The molecule has 2 aliphatic heterocycles. The molecule has 3 aromatic rings. The molecule has 0 spiro atoms. The SMILES string of the molecule is CCCn1c(Nc2ccc(Cl)cc2)nc2cc(OC3=CC(C(=O)NCCC4=CCNC=C4)=NCC3)ccc21. The van der Waals surface area contributed by atoms with Gasteiger partial charge >= 0.3 is 0 Å². The summed E-state index contributed by atoms with van der Waals surface area (Å²) in [6, 6.07) is 13.5. The van der Waals surface area contributed by atoms with Gasteiger partial charge < -0.3 is 25.3 Å². The second-order valence-corrected chi connectivity index (χ2v) is 9.56. The molecule has 2 aliphatic rings. The van der Waals surface area contributed by atoms with E-state index in [1.54, 1.807) is 6.08 Å². The van der Waals surface area contributed by atoms with E-state index >= 15 is 0 Å². The highest BCUT2D eigenvalue weighted by Gasteiger charge is 2.17. The maximum absolute atomic E-state index is 12.7. The van der Waals surface area contributed by atoms with Gasteiger partial charge in [-0.25, -0.2) is 4.98 Å². The third-order valence-corrected chi connectivity index (χ3v) is 6.54. The molecule has 0 saturated heterocycles. The maximum Gasteiger partial charge on any atom is 0.269 e. The first kappa shape index (κ1) is 25.6. The maximum atomic E-state index is 12.7. The largest absolute Gasteiger partial charge is 0.462 e. The van der Waals surface area contributed by atoms with E-state index in [9.17, 15) is 4.79 Å². The quantitative estimate of drug-likeness (QED) is 0.322. The third kappa shape index (κ3) is 6.26. The van der Waals surface area contributed by atoms with Gasteiger partial charge in [-0.2, -0.15) is 0 Å². The molecule has 0 bridgehead atoms. The van der Waals surface area contributed by atoms with Crippen LogP contribution in [0, 0.1) is 0 Å². The van der Waals surface area contributed by atoms with Crippen molar-refractivity contribution < 1.29 is 9.53 Å². The van der Waals surface area contributed by atoms with Gasteiger partial charge in [-0.3, -0.25) is 9.79 Å². The zero-order chi connectivity index (χ0) is 26.3. The van der Waals surface area contributed by atoms with E-state index in [-0.39, 0.29) is 5.91 Å². The van der Waals surface area contributed by atoms with Crippen molar-refractivity contribution in [2.24, 2.45) is 4.99 Å². The highest BCUT2D eigenvalue weighted by molar-refractivity contribution is 6.43. The number of hydrogen-bond acceptors (Lipinski definition) is 6. The van der Waals surface area contributed by atoms with Crippen molar-refractivity contribution in [3.05, 3.63) is 83.2 Å². The Balaban J connectivity index is 1.26. The van der Waals surface area contributed by atoms with Gasteiger partial charge in [0, 0.05) is 55.5 Å². The highest BCUT2D eigenvalue weighted by atomic mass is 35.5. The summed E-state index contributed by atoms with van der Waals surface area (Å²) in [6.45, 7) is 4.86. The predicted octanol–water partition coefficient (Wildman–Crippen LogP) is 5.50. The van der Waals surface area contributed by atoms with E-state index in [0.717, 1.165) is 48.6 Å². The lowest BCUT2D eigenvalue weighted by Gasteiger charge is -2.15. The normalized spacial score (nSPS) is 14.8. The van der Waals surface area contributed by atoms with Gasteiger partial charge in [0.15, 0.2) is 0 Å². The lowest BCUT2D eigenvalue weighted by Crippen LogP contribution is -2.32. The van der Waals surface area contributed by atoms with Crippen molar-refractivity contribution in [3.63, 3.8) is 0 Å². The van der Waals surface area contributed by atoms with Crippen LogP contribution in [0.15, 0.2) is 83.2 Å². The second kappa shape index (κ2) is 12.0. The Labute approximate surface area is 227 Å². The monoisotopic (exact) mass is 530 g/mol. The van der Waals surface area contributed by atoms with Crippen LogP contribution < -0.4 is 20.7 Å². The molecule has 0 unspecified atom stereocenters. The number of imidazole rings is 1. The number of halogens is 1. The number of benzene rings is 2. The fourth-order valence-corrected chi connectivity index (χ4v) is 4.52. The number of carbonyl (C=O) groups is 1. The molecule has 3 N–H and O–H groups in total. The van der Waals surface area contributed by atoms with Crippen LogP contribution in [0.2, 0.25) is 5.02 Å². The van der Waals surface area contributed by atoms with E-state index in [0.29, 0.717) is 41.8 Å². The average Bonchev–Trinajstić information content (AvgIpc) is 3.27. The number of carbonyl (C=O) groups excluding carboxylic acids is 1. The van der Waals surface area contributed by atoms with E-state index in [1.807, 2.05) is 54.7 Å². The average molecular weight is 531 g/mol. The number of dihydropyridines is 2. The first-order valence-electron chi connectivity index (χ1n) is 12.9. The summed E-state index contributed by atoms with van der Waals surface area (Å²) in [5.74, 6) is 1.96. The Hall–Kier alpha value is -4.04. The Kier molecular flexibility index (Phi) is 8.09. The number of nitrogens with zero attached hydrogens (tertiary/aromatic N) is 3. The number of fused-ring (bicyclic) bond motifs is 1. The third-order valence-electron chi connectivity index (χ3n) is 6.28. The second-order valence-electron chi connectivity index (χ2n) is 9.13. The van der Waals surface area contributed by atoms with Crippen molar-refractivity contribution in [1.29, 1.82) is 0 Å². The van der Waals surface area contributed by atoms with Crippen LogP contribution >= 0.6 is 11.6 Å². The van der Waals surface area contributed by atoms with Crippen LogP contribution in [0.3, 0.4) is 0 Å². The van der Waals surface area contributed by atoms with E-state index in [1.165, 1.54) is 5.57 Å². The lowest BCUT2D eigenvalue weighted by molar-refractivity contribution is -0.114. The lowest BCUT2D eigenvalue weighted by atomic mass is 10.1. The molecule has 0 aliphatic carbocycles. The van der Waals surface area contributed by atoms with E-state index < -0.39 is 0 Å². The number of aromatic nitrogens is 2. The molecule has 2 aromatic carbocycles. The first-order chi connectivity index (χ1) is 18.6. The minimum Gasteiger partial charge on any atom is -0.462 e. The molecule has 3 heterocycles. The van der Waals surface area contributed by atoms with Crippen LogP contribution in [0.5, 0.6) is 5.75 Å². The number of hydrogen-bond donors (Lipinski definition) is 3. The van der Waals surface area contributed by atoms with Crippen LogP contribution in [-0.4, -0.2) is 40.8 Å². The number of anilines is 2. The number of amides is 1. The number of ether oxygens (including phenoxy) is 1. The molecule has 0 radical (unpaired) electrons. The molecule has 38 heavy (non-hydrogen) atoms. The molecule has 8 nitrogen and oxygen atoms in total. The molecule has 0 fully saturated rings. The van der Waals surface area contributed by atoms with E-state index in [2.05, 4.69) is 38.5 Å². The fraction of sp³-hybridized carbons (Fsp3) is 0.276. The Bertz CT molecular complexity index is 1440. The summed E-state index contributed by atoms with van der Waals surface area (Å²) in [4.78, 5) is 21.9. The summed E-state index contributed by atoms with van der Waals surface area (Å²) < 4.78 is 8.34. The standard InChI is InChI=1S/C29H31ClN6O2/c1-2-17-36-27-8-7-23(18-25(27)35-29(36)34-22-5-3-21(30)4-6-22)38-24-12-16-32-26(19-24)28(37)33-15-11-20-9-13-31-14-10-20/h3-10,13,18-19,31H,2,11-12,14-17H2,1H3,(H,33,37)(H,34,35). The van der Waals surface area contributed by atoms with Crippen molar-refractivity contribution in [3.8, 4) is 5.75 Å². The van der Waals surface area contributed by atoms with Gasteiger partial charge in [-0.15, -0.1) is 0 Å². The van der Waals surface area contributed by atoms with Crippen molar-refractivity contribution >= 4 is 45.9 Å². The van der Waals surface area contributed by atoms with Gasteiger partial charge in [0.1, 0.15) is 17.2 Å². The molecule has 5 rings (SSSR count). The zero-order valence-electron chi connectivity index (χ0n) is 21.3. The van der Waals surface area contributed by atoms with Crippen molar-refractivity contribution in [1.82, 2.24) is 20.2 Å². The van der Waals surface area contributed by atoms with Crippen LogP contribution in [0.25, 0.3) is 11.0 Å². The van der Waals surface area contributed by atoms with Gasteiger partial charge in [0.05, 0.1) is 11.0 Å². The highest BCUT2D eigenvalue weighted by Crippen LogP contribution is 2.28. The Morgan fingerprint density at radius 1 is 1.21 bits per heavy atom. The van der Waals surface area contributed by atoms with E-state index in [4.69, 9.17) is 21.3 Å². The van der Waals surface area contributed by atoms with Crippen molar-refractivity contribution in [2.75, 3.05) is 25.0 Å². The van der Waals surface area contributed by atoms with Gasteiger partial charge in [0.2, 0.25) is 5.95 Å². The molecule has 196 valence electrons. The van der Waals surface area contributed by atoms with Gasteiger partial charge in [-0.05, 0) is 67.1 Å². The molecule has 0 saturated carbocycles. The molecule has 0 atom stereocenters. The summed E-state index contributed by atoms with van der Waals surface area (Å²) in [6.07, 6.45) is 10.2. The molecule has 1 aromatic heterocycles. The van der Waals surface area contributed by atoms with Crippen molar-refractivity contribution in [2.45, 2.75) is 32.7 Å². The predicted molar refractivity (Wildman–Crippen MR) is 153 cm³/mol. The van der Waals surface area contributed by atoms with Gasteiger partial charge in [-0.1, -0.05) is 24.6 Å². The number of rotatable bonds is 10. The number of aliphatic imine (C=N–C) groups is 1. The molecule has 9 heteroatoms.